The fourth-order valence-electron chi connectivity index (χ4n) is 4.34. The fourth-order valence-corrected chi connectivity index (χ4v) is 4.34. The summed E-state index contributed by atoms with van der Waals surface area (Å²) < 4.78 is 2.19. The molecule has 2 saturated heterocycles. The predicted octanol–water partition coefficient (Wildman–Crippen LogP) is 2.04. The number of amides is 2. The second kappa shape index (κ2) is 8.12. The van der Waals surface area contributed by atoms with Crippen LogP contribution in [0.3, 0.4) is 0 Å². The Morgan fingerprint density at radius 1 is 1.25 bits per heavy atom. The van der Waals surface area contributed by atoms with Crippen molar-refractivity contribution in [1.29, 1.82) is 0 Å². The van der Waals surface area contributed by atoms with Crippen LogP contribution >= 0.6 is 0 Å². The molecule has 0 N–H and O–H groups in total. The molecule has 4 rings (SSSR count). The summed E-state index contributed by atoms with van der Waals surface area (Å²) in [5, 5.41) is 0. The maximum absolute atomic E-state index is 12.8. The Balaban J connectivity index is 1.36. The van der Waals surface area contributed by atoms with Gasteiger partial charge in [-0.05, 0) is 37.8 Å². The van der Waals surface area contributed by atoms with E-state index in [1.807, 2.05) is 36.5 Å². The van der Waals surface area contributed by atoms with Crippen molar-refractivity contribution >= 4 is 11.8 Å². The molecule has 0 spiro atoms. The van der Waals surface area contributed by atoms with E-state index >= 15 is 0 Å². The molecule has 4 heterocycles. The number of carbonyl (C=O) groups is 2. The third-order valence-corrected chi connectivity index (χ3v) is 5.93. The molecule has 0 radical (unpaired) electrons. The van der Waals surface area contributed by atoms with E-state index in [4.69, 9.17) is 0 Å². The van der Waals surface area contributed by atoms with Crippen molar-refractivity contribution < 1.29 is 9.59 Å². The van der Waals surface area contributed by atoms with Crippen LogP contribution in [0.4, 0.5) is 0 Å². The molecule has 2 aliphatic rings. The van der Waals surface area contributed by atoms with Gasteiger partial charge >= 0.3 is 0 Å². The molecule has 148 valence electrons. The fraction of sp³-hybridized carbons (Fsp3) is 0.524. The van der Waals surface area contributed by atoms with Gasteiger partial charge in [-0.2, -0.15) is 0 Å². The first-order chi connectivity index (χ1) is 13.6. The summed E-state index contributed by atoms with van der Waals surface area (Å²) in [6, 6.07) is 3.67. The summed E-state index contributed by atoms with van der Waals surface area (Å²) in [4.78, 5) is 37.2. The summed E-state index contributed by atoms with van der Waals surface area (Å²) in [7, 11) is 0. The minimum atomic E-state index is -0.348. The molecular weight excluding hydrogens is 354 g/mol. The van der Waals surface area contributed by atoms with Crippen LogP contribution in [0.1, 0.15) is 49.9 Å². The average molecular weight is 381 g/mol. The summed E-state index contributed by atoms with van der Waals surface area (Å²) >= 11 is 0. The van der Waals surface area contributed by atoms with Crippen molar-refractivity contribution in [2.45, 2.75) is 51.1 Å². The standard InChI is InChI=1S/C21H27N5O2/c1-16(26-10-3-5-19(26)27)21(28)24-11-6-18(7-12-24)20-23-9-13-25(20)15-17-4-2-8-22-14-17/h2,4,8-9,13-14,16,18H,3,5-7,10-12,15H2,1H3/t16-/m0/s1. The molecule has 2 fully saturated rings. The van der Waals surface area contributed by atoms with Gasteiger partial charge in [0.25, 0.3) is 0 Å². The SMILES string of the molecule is C[C@@H](C(=O)N1CCC(c2nccn2Cc2cccnc2)CC1)N1CCCC1=O. The van der Waals surface area contributed by atoms with Crippen LogP contribution in [-0.2, 0) is 16.1 Å². The van der Waals surface area contributed by atoms with E-state index in [1.54, 1.807) is 11.1 Å². The molecule has 0 aromatic carbocycles. The van der Waals surface area contributed by atoms with Crippen LogP contribution in [0.15, 0.2) is 36.9 Å². The topological polar surface area (TPSA) is 71.3 Å². The molecule has 7 nitrogen and oxygen atoms in total. The van der Waals surface area contributed by atoms with Crippen LogP contribution in [0.2, 0.25) is 0 Å². The molecule has 2 amide bonds. The summed E-state index contributed by atoms with van der Waals surface area (Å²) in [6.45, 7) is 4.76. The van der Waals surface area contributed by atoms with Crippen molar-refractivity contribution in [3.05, 3.63) is 48.3 Å². The third-order valence-electron chi connectivity index (χ3n) is 5.93. The Labute approximate surface area is 165 Å². The number of piperidine rings is 1. The first kappa shape index (κ1) is 18.7. The van der Waals surface area contributed by atoms with Gasteiger partial charge in [-0.3, -0.25) is 14.6 Å². The number of likely N-dealkylation sites (tertiary alicyclic amines) is 2. The molecule has 0 unspecified atom stereocenters. The largest absolute Gasteiger partial charge is 0.341 e. The van der Waals surface area contributed by atoms with Gasteiger partial charge in [-0.1, -0.05) is 6.07 Å². The van der Waals surface area contributed by atoms with Crippen LogP contribution in [-0.4, -0.2) is 61.8 Å². The van der Waals surface area contributed by atoms with Crippen molar-refractivity contribution in [2.75, 3.05) is 19.6 Å². The third kappa shape index (κ3) is 3.79. The number of hydrogen-bond acceptors (Lipinski definition) is 4. The minimum Gasteiger partial charge on any atom is -0.341 e. The highest BCUT2D eigenvalue weighted by Crippen LogP contribution is 2.28. The lowest BCUT2D eigenvalue weighted by molar-refractivity contribution is -0.143. The van der Waals surface area contributed by atoms with Crippen LogP contribution < -0.4 is 0 Å². The number of nitrogens with zero attached hydrogens (tertiary/aromatic N) is 5. The quantitative estimate of drug-likeness (QED) is 0.795. The zero-order valence-electron chi connectivity index (χ0n) is 16.3. The number of rotatable bonds is 5. The van der Waals surface area contributed by atoms with Gasteiger partial charge in [-0.15, -0.1) is 0 Å². The summed E-state index contributed by atoms with van der Waals surface area (Å²) in [5.74, 6) is 1.61. The molecule has 7 heteroatoms. The molecule has 0 bridgehead atoms. The van der Waals surface area contributed by atoms with Crippen molar-refractivity contribution in [3.63, 3.8) is 0 Å². The average Bonchev–Trinajstić information content (AvgIpc) is 3.37. The highest BCUT2D eigenvalue weighted by Gasteiger charge is 2.34. The molecule has 2 aliphatic heterocycles. The minimum absolute atomic E-state index is 0.0763. The zero-order chi connectivity index (χ0) is 19.5. The van der Waals surface area contributed by atoms with Crippen LogP contribution in [0, 0.1) is 0 Å². The number of pyridine rings is 1. The van der Waals surface area contributed by atoms with Crippen LogP contribution in [0.25, 0.3) is 0 Å². The molecule has 1 atom stereocenters. The zero-order valence-corrected chi connectivity index (χ0v) is 16.3. The van der Waals surface area contributed by atoms with Gasteiger partial charge in [0.2, 0.25) is 11.8 Å². The smallest absolute Gasteiger partial charge is 0.245 e. The normalized spacial score (nSPS) is 19.2. The van der Waals surface area contributed by atoms with Gasteiger partial charge < -0.3 is 14.4 Å². The van der Waals surface area contributed by atoms with Crippen LogP contribution in [0.5, 0.6) is 0 Å². The number of imidazole rings is 1. The highest BCUT2D eigenvalue weighted by atomic mass is 16.2. The molecule has 2 aromatic heterocycles. The van der Waals surface area contributed by atoms with E-state index in [0.29, 0.717) is 18.9 Å². The Kier molecular flexibility index (Phi) is 5.41. The molecule has 28 heavy (non-hydrogen) atoms. The van der Waals surface area contributed by atoms with E-state index in [9.17, 15) is 9.59 Å². The molecular formula is C21H27N5O2. The summed E-state index contributed by atoms with van der Waals surface area (Å²) in [6.07, 6.45) is 10.8. The van der Waals surface area contributed by atoms with Crippen molar-refractivity contribution in [3.8, 4) is 0 Å². The lowest BCUT2D eigenvalue weighted by Gasteiger charge is -2.35. The monoisotopic (exact) mass is 381 g/mol. The lowest BCUT2D eigenvalue weighted by Crippen LogP contribution is -2.49. The Morgan fingerprint density at radius 2 is 2.07 bits per heavy atom. The maximum atomic E-state index is 12.8. The van der Waals surface area contributed by atoms with E-state index in [2.05, 4.69) is 20.6 Å². The first-order valence-electron chi connectivity index (χ1n) is 10.1. The molecule has 0 aliphatic carbocycles. The second-order valence-electron chi connectivity index (χ2n) is 7.74. The molecule has 2 aromatic rings. The Bertz CT molecular complexity index is 826. The van der Waals surface area contributed by atoms with E-state index in [0.717, 1.165) is 50.3 Å². The van der Waals surface area contributed by atoms with Gasteiger partial charge in [-0.25, -0.2) is 4.98 Å². The number of carbonyl (C=O) groups excluding carboxylic acids is 2. The Morgan fingerprint density at radius 3 is 2.75 bits per heavy atom. The first-order valence-corrected chi connectivity index (χ1v) is 10.1. The summed E-state index contributed by atoms with van der Waals surface area (Å²) in [5.41, 5.74) is 1.15. The second-order valence-corrected chi connectivity index (χ2v) is 7.74. The maximum Gasteiger partial charge on any atom is 0.245 e. The Hall–Kier alpha value is -2.70. The highest BCUT2D eigenvalue weighted by molar-refractivity contribution is 5.88. The predicted molar refractivity (Wildman–Crippen MR) is 105 cm³/mol. The van der Waals surface area contributed by atoms with Gasteiger partial charge in [0.15, 0.2) is 0 Å². The van der Waals surface area contributed by atoms with Crippen molar-refractivity contribution in [2.24, 2.45) is 0 Å². The van der Waals surface area contributed by atoms with E-state index in [-0.39, 0.29) is 17.9 Å². The lowest BCUT2D eigenvalue weighted by atomic mass is 9.95. The number of hydrogen-bond donors (Lipinski definition) is 0. The number of aromatic nitrogens is 3. The molecule has 0 saturated carbocycles. The van der Waals surface area contributed by atoms with Gasteiger partial charge in [0.05, 0.1) is 6.54 Å². The van der Waals surface area contributed by atoms with Gasteiger partial charge in [0, 0.05) is 56.8 Å². The van der Waals surface area contributed by atoms with Crippen molar-refractivity contribution in [1.82, 2.24) is 24.3 Å². The van der Waals surface area contributed by atoms with E-state index < -0.39 is 0 Å². The van der Waals surface area contributed by atoms with E-state index in [1.165, 1.54) is 0 Å². The van der Waals surface area contributed by atoms with Gasteiger partial charge in [0.1, 0.15) is 11.9 Å².